The molecule has 0 radical (unpaired) electrons. The maximum atomic E-state index is 6.90. The summed E-state index contributed by atoms with van der Waals surface area (Å²) < 4.78 is 15.8. The van der Waals surface area contributed by atoms with Gasteiger partial charge in [-0.05, 0) is 81.7 Å². The molecule has 1 N–H and O–H groups in total. The van der Waals surface area contributed by atoms with Crippen LogP contribution in [0, 0.1) is 0 Å². The number of benzene rings is 8. The lowest BCUT2D eigenvalue weighted by Crippen LogP contribution is -2.24. The van der Waals surface area contributed by atoms with Crippen molar-refractivity contribution in [3.63, 3.8) is 0 Å². The third kappa shape index (κ3) is 5.28. The van der Waals surface area contributed by atoms with Crippen molar-refractivity contribution >= 4 is 44.0 Å². The third-order valence-electron chi connectivity index (χ3n) is 10.7. The lowest BCUT2D eigenvalue weighted by atomic mass is 9.99. The molecular weight excluding hydrogens is 675 g/mol. The van der Waals surface area contributed by atoms with Crippen LogP contribution in [0.3, 0.4) is 0 Å². The Hall–Kier alpha value is -7.37. The highest BCUT2D eigenvalue weighted by atomic mass is 16.6. The lowest BCUT2D eigenvalue weighted by molar-refractivity contribution is 0.366. The van der Waals surface area contributed by atoms with E-state index in [-0.39, 0.29) is 6.17 Å². The summed E-state index contributed by atoms with van der Waals surface area (Å²) in [5.74, 6) is 2.86. The van der Waals surface area contributed by atoms with Gasteiger partial charge in [0.25, 0.3) is 0 Å². The fourth-order valence-electron chi connectivity index (χ4n) is 8.04. The average molecular weight is 708 g/mol. The second-order valence-corrected chi connectivity index (χ2v) is 14.0. The van der Waals surface area contributed by atoms with Crippen LogP contribution >= 0.6 is 0 Å². The van der Waals surface area contributed by atoms with Crippen LogP contribution in [0.4, 0.5) is 0 Å². The molecule has 0 saturated carbocycles. The standard InChI is InChI=1S/C50H33N3O2/c1-3-14-33(15-4-1)42-31-43(34-16-5-2-6-17-34)52-50(51-42)37-20-11-18-35(29-37)36-19-12-21-38(30-36)53-44-24-10-9-23-40(44)41-26-28-46-49(47(41)53)55-48-39-22-8-7-13-32(39)25-27-45(48)54-46/h1-31,50-51H. The molecule has 5 heteroatoms. The van der Waals surface area contributed by atoms with Gasteiger partial charge in [-0.2, -0.15) is 0 Å². The van der Waals surface area contributed by atoms with Gasteiger partial charge in [-0.3, -0.25) is 4.99 Å². The van der Waals surface area contributed by atoms with E-state index < -0.39 is 0 Å². The predicted molar refractivity (Wildman–Crippen MR) is 224 cm³/mol. The number of nitrogens with zero attached hydrogens (tertiary/aromatic N) is 2. The molecule has 1 atom stereocenters. The average Bonchev–Trinajstić information content (AvgIpc) is 3.61. The van der Waals surface area contributed by atoms with Crippen molar-refractivity contribution in [3.8, 4) is 39.8 Å². The molecule has 0 bridgehead atoms. The van der Waals surface area contributed by atoms with Crippen LogP contribution in [0.2, 0.25) is 0 Å². The normalized spacial score (nSPS) is 14.7. The molecule has 0 amide bonds. The molecule has 11 rings (SSSR count). The molecule has 3 heterocycles. The molecule has 0 spiro atoms. The number of para-hydroxylation sites is 1. The van der Waals surface area contributed by atoms with E-state index in [0.717, 1.165) is 83.2 Å². The summed E-state index contributed by atoms with van der Waals surface area (Å²) in [5.41, 5.74) is 10.6. The van der Waals surface area contributed by atoms with E-state index in [0.29, 0.717) is 17.2 Å². The van der Waals surface area contributed by atoms with E-state index >= 15 is 0 Å². The highest BCUT2D eigenvalue weighted by Crippen LogP contribution is 2.53. The van der Waals surface area contributed by atoms with Gasteiger partial charge in [0.15, 0.2) is 23.0 Å². The second-order valence-electron chi connectivity index (χ2n) is 14.0. The molecule has 2 aliphatic heterocycles. The highest BCUT2D eigenvalue weighted by Gasteiger charge is 2.27. The maximum Gasteiger partial charge on any atom is 0.194 e. The minimum atomic E-state index is -0.265. The van der Waals surface area contributed by atoms with Gasteiger partial charge >= 0.3 is 0 Å². The summed E-state index contributed by atoms with van der Waals surface area (Å²) >= 11 is 0. The van der Waals surface area contributed by atoms with E-state index in [9.17, 15) is 0 Å². The van der Waals surface area contributed by atoms with E-state index in [1.165, 1.54) is 0 Å². The molecule has 0 fully saturated rings. The molecule has 9 aromatic rings. The quantitative estimate of drug-likeness (QED) is 0.194. The van der Waals surface area contributed by atoms with Crippen LogP contribution in [0.15, 0.2) is 193 Å². The van der Waals surface area contributed by atoms with E-state index in [1.807, 2.05) is 36.4 Å². The summed E-state index contributed by atoms with van der Waals surface area (Å²) in [5, 5.41) is 8.11. The third-order valence-corrected chi connectivity index (χ3v) is 10.7. The molecular formula is C50H33N3O2. The van der Waals surface area contributed by atoms with E-state index in [2.05, 4.69) is 162 Å². The summed E-state index contributed by atoms with van der Waals surface area (Å²) in [6.45, 7) is 0. The number of aliphatic imine (C=N–C) groups is 1. The topological polar surface area (TPSA) is 47.8 Å². The monoisotopic (exact) mass is 707 g/mol. The van der Waals surface area contributed by atoms with Crippen molar-refractivity contribution in [2.24, 2.45) is 4.99 Å². The molecule has 2 aliphatic rings. The summed E-state index contributed by atoms with van der Waals surface area (Å²) in [6.07, 6.45) is 1.88. The summed E-state index contributed by atoms with van der Waals surface area (Å²) in [7, 11) is 0. The van der Waals surface area contributed by atoms with Crippen molar-refractivity contribution in [1.29, 1.82) is 0 Å². The Bertz CT molecular complexity index is 3020. The number of hydrogen-bond acceptors (Lipinski definition) is 4. The Morgan fingerprint density at radius 1 is 0.491 bits per heavy atom. The van der Waals surface area contributed by atoms with Crippen LogP contribution in [0.5, 0.6) is 23.0 Å². The molecule has 1 aromatic heterocycles. The minimum absolute atomic E-state index is 0.265. The Kier molecular flexibility index (Phi) is 7.17. The second kappa shape index (κ2) is 12.6. The zero-order chi connectivity index (χ0) is 36.3. The van der Waals surface area contributed by atoms with Gasteiger partial charge in [0.1, 0.15) is 11.7 Å². The maximum absolute atomic E-state index is 6.90. The van der Waals surface area contributed by atoms with E-state index in [1.54, 1.807) is 0 Å². The molecule has 5 nitrogen and oxygen atoms in total. The fourth-order valence-corrected chi connectivity index (χ4v) is 8.04. The number of fused-ring (bicyclic) bond motifs is 8. The lowest BCUT2D eigenvalue weighted by Gasteiger charge is -2.25. The van der Waals surface area contributed by atoms with Crippen LogP contribution < -0.4 is 14.8 Å². The van der Waals surface area contributed by atoms with Gasteiger partial charge in [0, 0.05) is 27.5 Å². The fraction of sp³-hybridized carbons (Fsp3) is 0.0200. The molecule has 1 unspecified atom stereocenters. The Morgan fingerprint density at radius 2 is 1.16 bits per heavy atom. The number of ether oxygens (including phenoxy) is 2. The van der Waals surface area contributed by atoms with Gasteiger partial charge in [-0.1, -0.05) is 140 Å². The van der Waals surface area contributed by atoms with Crippen LogP contribution in [-0.4, -0.2) is 10.3 Å². The minimum Gasteiger partial charge on any atom is -0.449 e. The van der Waals surface area contributed by atoms with Crippen LogP contribution in [-0.2, 0) is 0 Å². The number of nitrogens with one attached hydrogen (secondary N) is 1. The first kappa shape index (κ1) is 31.2. The number of rotatable bonds is 5. The van der Waals surface area contributed by atoms with Gasteiger partial charge in [-0.25, -0.2) is 0 Å². The Labute approximate surface area is 318 Å². The highest BCUT2D eigenvalue weighted by molar-refractivity contribution is 6.13. The molecule has 0 saturated heterocycles. The Balaban J connectivity index is 1.02. The zero-order valence-corrected chi connectivity index (χ0v) is 29.7. The Morgan fingerprint density at radius 3 is 2.02 bits per heavy atom. The largest absolute Gasteiger partial charge is 0.449 e. The van der Waals surface area contributed by atoms with Crippen molar-refractivity contribution in [2.45, 2.75) is 6.17 Å². The SMILES string of the molecule is C1=C(c2ccccc2)NC(c2cccc(-c3cccc(-n4c5ccccc5c5ccc6c(c54)Oc4c(ccc5ccccc45)O6)c3)c2)N=C1c1ccccc1. The van der Waals surface area contributed by atoms with Crippen LogP contribution in [0.1, 0.15) is 22.9 Å². The summed E-state index contributed by atoms with van der Waals surface area (Å²) in [6, 6.07) is 63.4. The first-order chi connectivity index (χ1) is 27.2. The van der Waals surface area contributed by atoms with Crippen LogP contribution in [0.25, 0.3) is 55.1 Å². The molecule has 55 heavy (non-hydrogen) atoms. The predicted octanol–water partition coefficient (Wildman–Crippen LogP) is 12.6. The van der Waals surface area contributed by atoms with Crippen molar-refractivity contribution in [3.05, 3.63) is 205 Å². The van der Waals surface area contributed by atoms with Crippen molar-refractivity contribution in [2.75, 3.05) is 0 Å². The smallest absolute Gasteiger partial charge is 0.194 e. The first-order valence-electron chi connectivity index (χ1n) is 18.6. The van der Waals surface area contributed by atoms with Crippen molar-refractivity contribution in [1.82, 2.24) is 9.88 Å². The number of aromatic nitrogens is 1. The molecule has 0 aliphatic carbocycles. The van der Waals surface area contributed by atoms with Gasteiger partial charge in [0.05, 0.1) is 11.2 Å². The van der Waals surface area contributed by atoms with Gasteiger partial charge in [-0.15, -0.1) is 0 Å². The van der Waals surface area contributed by atoms with Crippen molar-refractivity contribution < 1.29 is 9.47 Å². The zero-order valence-electron chi connectivity index (χ0n) is 29.7. The molecule has 260 valence electrons. The first-order valence-corrected chi connectivity index (χ1v) is 18.6. The number of hydrogen-bond donors (Lipinski definition) is 1. The van der Waals surface area contributed by atoms with Gasteiger partial charge < -0.3 is 19.4 Å². The summed E-state index contributed by atoms with van der Waals surface area (Å²) in [4.78, 5) is 5.23. The van der Waals surface area contributed by atoms with Gasteiger partial charge in [0.2, 0.25) is 0 Å². The number of allylic oxidation sites excluding steroid dienone is 1. The molecule has 8 aromatic carbocycles. The van der Waals surface area contributed by atoms with E-state index in [4.69, 9.17) is 14.5 Å².